The van der Waals surface area contributed by atoms with Gasteiger partial charge in [-0.05, 0) is 0 Å². The van der Waals surface area contributed by atoms with Crippen molar-refractivity contribution in [3.63, 3.8) is 0 Å². The van der Waals surface area contributed by atoms with Crippen molar-refractivity contribution >= 4 is 0 Å². The minimum Gasteiger partial charge on any atom is -1.00 e. The molecule has 0 aliphatic rings. The van der Waals surface area contributed by atoms with Gasteiger partial charge < -0.3 is 48.0 Å². The summed E-state index contributed by atoms with van der Waals surface area (Å²) in [4.78, 5) is 0. The second-order valence-corrected chi connectivity index (χ2v) is 0. The van der Waals surface area contributed by atoms with E-state index in [1.807, 2.05) is 0 Å². The Kier molecular flexibility index (Phi) is 90.0. The van der Waals surface area contributed by atoms with Gasteiger partial charge in [-0.1, -0.05) is 0 Å². The largest absolute Gasteiger partial charge is 1.00 e. The quantitative estimate of drug-likeness (QED) is 0.267. The molecule has 0 rings (SSSR count). The Morgan fingerprint density at radius 3 is 0.750 bits per heavy atom. The molecule has 0 spiro atoms. The van der Waals surface area contributed by atoms with Gasteiger partial charge in [-0.25, -0.2) is 0 Å². The normalized spacial score (nSPS) is 0. The van der Waals surface area contributed by atoms with Gasteiger partial charge in [0.05, 0.1) is 0 Å². The number of halogens is 2. The third kappa shape index (κ3) is 10.2. The second-order valence-electron chi connectivity index (χ2n) is 0. The fourth-order valence-corrected chi connectivity index (χ4v) is 0. The Balaban J connectivity index is 0. The summed E-state index contributed by atoms with van der Waals surface area (Å²) >= 11 is 0. The van der Waals surface area contributed by atoms with Crippen molar-refractivity contribution in [2.75, 3.05) is 0 Å². The van der Waals surface area contributed by atoms with Gasteiger partial charge in [-0.15, -0.1) is 0 Å². The second kappa shape index (κ2) is 15.7. The fourth-order valence-electron chi connectivity index (χ4n) is 0. The van der Waals surface area contributed by atoms with E-state index < -0.39 is 0 Å². The Morgan fingerprint density at radius 1 is 0.750 bits per heavy atom. The van der Waals surface area contributed by atoms with Crippen molar-refractivity contribution in [3.05, 3.63) is 0 Å². The summed E-state index contributed by atoms with van der Waals surface area (Å²) < 4.78 is 0. The van der Waals surface area contributed by atoms with Crippen molar-refractivity contribution in [2.24, 2.45) is 0 Å². The zero-order valence-corrected chi connectivity index (χ0v) is 16.5. The van der Waals surface area contributed by atoms with Crippen LogP contribution in [0.3, 0.4) is 0 Å². The van der Waals surface area contributed by atoms with Crippen LogP contribution >= 0.6 is 0 Å². The van der Waals surface area contributed by atoms with Crippen LogP contribution in [0, 0.1) is 0 Å². The van der Waals surface area contributed by atoms with Crippen molar-refractivity contribution in [1.82, 2.24) is 0 Å². The molecule has 0 atom stereocenters. The fraction of sp³-hybridized carbons (Fsp3) is 0. The minimum atomic E-state index is 0. The first-order valence-electron chi connectivity index (χ1n) is 0. The van der Waals surface area contributed by atoms with Crippen molar-refractivity contribution in [3.8, 4) is 0 Å². The van der Waals surface area contributed by atoms with Crippen LogP contribution in [-0.2, 0) is 0 Å². The van der Waals surface area contributed by atoms with Gasteiger partial charge in [-0.2, -0.15) is 0 Å². The summed E-state index contributed by atoms with van der Waals surface area (Å²) in [6.07, 6.45) is 0. The topological polar surface area (TPSA) is 0 Å². The molecule has 0 bridgehead atoms. The molecule has 0 aromatic rings. The summed E-state index contributed by atoms with van der Waals surface area (Å²) in [6, 6.07) is 0. The average Bonchev–Trinajstić information content (AvgIpc) is 0. The Bertz CT molecular complexity index is 6.00. The maximum atomic E-state index is 0. The monoisotopic (exact) mass is 426 g/mol. The molecule has 4 heteroatoms. The van der Waals surface area contributed by atoms with Crippen LogP contribution in [0.15, 0.2) is 0 Å². The van der Waals surface area contributed by atoms with Gasteiger partial charge >= 0.3 is 120 Å². The van der Waals surface area contributed by atoms with Crippen LogP contribution < -0.4 is 168 Å². The molecule has 0 aromatic carbocycles. The third-order valence-corrected chi connectivity index (χ3v) is 0. The minimum absolute atomic E-state index is 0. The van der Waals surface area contributed by atoms with Gasteiger partial charge in [0.25, 0.3) is 0 Å². The number of rotatable bonds is 0. The molecule has 0 aliphatic carbocycles. The Labute approximate surface area is 162 Å². The van der Waals surface area contributed by atoms with Crippen LogP contribution in [0.5, 0.6) is 0 Å². The Morgan fingerprint density at radius 2 is 0.750 bits per heavy atom. The Hall–Kier alpha value is 5.15. The number of hydrogen-bond acceptors (Lipinski definition) is 0. The summed E-state index contributed by atoms with van der Waals surface area (Å²) in [5.74, 6) is 0. The van der Waals surface area contributed by atoms with Crippen LogP contribution in [0.25, 0.3) is 0 Å². The molecule has 0 nitrogen and oxygen atoms in total. The molecule has 0 radical (unpaired) electrons. The molecule has 0 N–H and O–H groups in total. The van der Waals surface area contributed by atoms with Gasteiger partial charge in [0.2, 0.25) is 0 Å². The number of hydrogen-bond donors (Lipinski definition) is 0. The van der Waals surface area contributed by atoms with E-state index in [0.29, 0.717) is 0 Å². The maximum Gasteiger partial charge on any atom is 1.00 e. The van der Waals surface area contributed by atoms with E-state index in [-0.39, 0.29) is 168 Å². The molecule has 0 aromatic heterocycles. The van der Waals surface area contributed by atoms with E-state index >= 15 is 0 Å². The van der Waals surface area contributed by atoms with E-state index in [2.05, 4.69) is 0 Å². The molecular formula is CsI2K. The van der Waals surface area contributed by atoms with Crippen LogP contribution in [0.1, 0.15) is 0 Å². The van der Waals surface area contributed by atoms with Crippen molar-refractivity contribution in [1.29, 1.82) is 0 Å². The van der Waals surface area contributed by atoms with E-state index in [9.17, 15) is 0 Å². The molecule has 0 heterocycles. The zero-order valence-electron chi connectivity index (χ0n) is 2.76. The van der Waals surface area contributed by atoms with Gasteiger partial charge in [-0.3, -0.25) is 0 Å². The first kappa shape index (κ1) is 22.9. The van der Waals surface area contributed by atoms with Gasteiger partial charge in [0.1, 0.15) is 0 Å². The smallest absolute Gasteiger partial charge is 1.00 e. The molecular weight excluding hydrogens is 426 g/mol. The average molecular weight is 426 g/mol. The van der Waals surface area contributed by atoms with E-state index in [1.54, 1.807) is 0 Å². The molecule has 0 aliphatic heterocycles. The SMILES string of the molecule is [Cs+].[I-].[I-].[K+]. The summed E-state index contributed by atoms with van der Waals surface area (Å²) in [7, 11) is 0. The maximum absolute atomic E-state index is 0. The molecule has 0 saturated heterocycles. The van der Waals surface area contributed by atoms with Gasteiger partial charge in [0, 0.05) is 0 Å². The molecule has 0 saturated carbocycles. The van der Waals surface area contributed by atoms with Crippen LogP contribution in [0.2, 0.25) is 0 Å². The van der Waals surface area contributed by atoms with Crippen LogP contribution in [-0.4, -0.2) is 0 Å². The third-order valence-electron chi connectivity index (χ3n) is 0. The van der Waals surface area contributed by atoms with Gasteiger partial charge in [0.15, 0.2) is 0 Å². The van der Waals surface area contributed by atoms with E-state index in [0.717, 1.165) is 0 Å². The first-order valence-corrected chi connectivity index (χ1v) is 0. The van der Waals surface area contributed by atoms with E-state index in [4.69, 9.17) is 0 Å². The zero-order chi connectivity index (χ0) is 0. The molecule has 0 fully saturated rings. The van der Waals surface area contributed by atoms with E-state index in [1.165, 1.54) is 0 Å². The molecule has 0 unspecified atom stereocenters. The summed E-state index contributed by atoms with van der Waals surface area (Å²) in [5.41, 5.74) is 0. The van der Waals surface area contributed by atoms with Crippen LogP contribution in [0.4, 0.5) is 0 Å². The van der Waals surface area contributed by atoms with Crippen molar-refractivity contribution in [2.45, 2.75) is 0 Å². The first-order chi connectivity index (χ1) is 0. The summed E-state index contributed by atoms with van der Waals surface area (Å²) in [5, 5.41) is 0. The predicted octanol–water partition coefficient (Wildman–Crippen LogP) is -12.0. The standard InChI is InChI=1S/Cs.2HI.K/h;2*1H;/q+1;;;+1/p-2. The molecule has 0 amide bonds. The summed E-state index contributed by atoms with van der Waals surface area (Å²) in [6.45, 7) is 0. The predicted molar refractivity (Wildman–Crippen MR) is 0 cm³/mol. The molecule has 16 valence electrons. The van der Waals surface area contributed by atoms with Crippen molar-refractivity contribution < 1.29 is 168 Å². The molecule has 4 heavy (non-hydrogen) atoms.